The number of methoxy groups -OCH3 is 1. The Balaban J connectivity index is 2.07. The monoisotopic (exact) mass is 331 g/mol. The summed E-state index contributed by atoms with van der Waals surface area (Å²) in [5, 5.41) is 3.62. The van der Waals surface area contributed by atoms with Crippen molar-refractivity contribution in [2.24, 2.45) is 0 Å². The van der Waals surface area contributed by atoms with Crippen molar-refractivity contribution in [1.82, 2.24) is 15.3 Å². The molecule has 0 aliphatic heterocycles. The van der Waals surface area contributed by atoms with Crippen molar-refractivity contribution in [2.45, 2.75) is 31.5 Å². The van der Waals surface area contributed by atoms with E-state index in [1.54, 1.807) is 13.3 Å². The first-order chi connectivity index (χ1) is 11.2. The molecule has 23 heavy (non-hydrogen) atoms. The van der Waals surface area contributed by atoms with E-state index < -0.39 is 0 Å². The molecule has 1 N–H and O–H groups in total. The van der Waals surface area contributed by atoms with Crippen LogP contribution in [0.25, 0.3) is 0 Å². The molecule has 0 fully saturated rings. The molecule has 0 bridgehead atoms. The van der Waals surface area contributed by atoms with E-state index >= 15 is 0 Å². The Morgan fingerprint density at radius 3 is 2.65 bits per heavy atom. The Bertz CT molecular complexity index is 659. The lowest BCUT2D eigenvalue weighted by Gasteiger charge is -2.10. The van der Waals surface area contributed by atoms with Gasteiger partial charge in [-0.05, 0) is 30.4 Å². The Hall–Kier alpha value is -2.08. The third-order valence-electron chi connectivity index (χ3n) is 3.37. The largest absolute Gasteiger partial charge is 0.497 e. The fraction of sp³-hybridized carbons (Fsp3) is 0.353. The second-order valence-corrected chi connectivity index (χ2v) is 5.77. The van der Waals surface area contributed by atoms with Gasteiger partial charge in [-0.25, -0.2) is 9.97 Å². The van der Waals surface area contributed by atoms with E-state index in [4.69, 9.17) is 4.74 Å². The first kappa shape index (κ1) is 17.3. The van der Waals surface area contributed by atoms with Crippen molar-refractivity contribution in [3.63, 3.8) is 0 Å². The second-order valence-electron chi connectivity index (χ2n) is 5.00. The summed E-state index contributed by atoms with van der Waals surface area (Å²) in [7, 11) is 1.63. The number of hydrogen-bond donors (Lipinski definition) is 1. The lowest BCUT2D eigenvalue weighted by molar-refractivity contribution is 0.0949. The number of benzene rings is 1. The summed E-state index contributed by atoms with van der Waals surface area (Å²) in [6.45, 7) is 2.53. The van der Waals surface area contributed by atoms with Crippen molar-refractivity contribution in [3.8, 4) is 5.75 Å². The van der Waals surface area contributed by atoms with Gasteiger partial charge in [-0.3, -0.25) is 4.79 Å². The number of hydrogen-bond acceptors (Lipinski definition) is 5. The van der Waals surface area contributed by atoms with Crippen LogP contribution in [0.5, 0.6) is 5.75 Å². The summed E-state index contributed by atoms with van der Waals surface area (Å²) >= 11 is 1.48. The summed E-state index contributed by atoms with van der Waals surface area (Å²) in [5.41, 5.74) is 2.37. The highest BCUT2D eigenvalue weighted by Gasteiger charge is 2.14. The molecular weight excluding hydrogens is 310 g/mol. The number of amides is 1. The fourth-order valence-electron chi connectivity index (χ4n) is 2.14. The summed E-state index contributed by atoms with van der Waals surface area (Å²) in [4.78, 5) is 21.1. The lowest BCUT2D eigenvalue weighted by atomic mass is 10.1. The number of ether oxygens (including phenoxy) is 1. The summed E-state index contributed by atoms with van der Waals surface area (Å²) in [5.74, 6) is 0.656. The molecular formula is C17H21N3O2S. The van der Waals surface area contributed by atoms with Crippen LogP contribution < -0.4 is 10.1 Å². The molecule has 0 aliphatic carbocycles. The first-order valence-corrected chi connectivity index (χ1v) is 8.71. The van der Waals surface area contributed by atoms with Crippen LogP contribution in [-0.4, -0.2) is 29.2 Å². The van der Waals surface area contributed by atoms with Crippen molar-refractivity contribution < 1.29 is 9.53 Å². The minimum Gasteiger partial charge on any atom is -0.497 e. The predicted octanol–water partition coefficient (Wildman–Crippen LogP) is 3.09. The molecule has 0 spiro atoms. The van der Waals surface area contributed by atoms with E-state index in [-0.39, 0.29) is 5.91 Å². The molecule has 0 saturated heterocycles. The molecule has 1 heterocycles. The number of aryl methyl sites for hydroxylation is 1. The molecule has 0 unspecified atom stereocenters. The number of rotatable bonds is 7. The molecule has 0 atom stereocenters. The number of nitrogens with zero attached hydrogens (tertiary/aromatic N) is 2. The van der Waals surface area contributed by atoms with Gasteiger partial charge in [0.2, 0.25) is 0 Å². The summed E-state index contributed by atoms with van der Waals surface area (Å²) < 4.78 is 5.12. The summed E-state index contributed by atoms with van der Waals surface area (Å²) in [6, 6.07) is 7.61. The van der Waals surface area contributed by atoms with Crippen molar-refractivity contribution in [2.75, 3.05) is 13.4 Å². The quantitative estimate of drug-likeness (QED) is 0.624. The SMILES string of the molecule is CCCc1nc(SC)ncc1C(=O)NCc1ccc(OC)cc1. The normalized spacial score (nSPS) is 10.4. The number of carbonyl (C=O) groups excluding carboxylic acids is 1. The fourth-order valence-corrected chi connectivity index (χ4v) is 2.49. The standard InChI is InChI=1S/C17H21N3O2S/c1-4-5-15-14(11-19-17(20-15)23-3)16(21)18-10-12-6-8-13(22-2)9-7-12/h6-9,11H,4-5,10H2,1-3H3,(H,18,21). The zero-order valence-corrected chi connectivity index (χ0v) is 14.4. The second kappa shape index (κ2) is 8.53. The maximum absolute atomic E-state index is 12.4. The number of aromatic nitrogens is 2. The molecule has 0 aliphatic rings. The molecule has 1 amide bonds. The van der Waals surface area contributed by atoms with Gasteiger partial charge in [0.25, 0.3) is 5.91 Å². The van der Waals surface area contributed by atoms with Crippen LogP contribution in [0, 0.1) is 0 Å². The Morgan fingerprint density at radius 1 is 1.30 bits per heavy atom. The van der Waals surface area contributed by atoms with Crippen LogP contribution in [-0.2, 0) is 13.0 Å². The van der Waals surface area contributed by atoms with Gasteiger partial charge in [-0.15, -0.1) is 0 Å². The van der Waals surface area contributed by atoms with Crippen LogP contribution in [0.1, 0.15) is 35.0 Å². The van der Waals surface area contributed by atoms with Crippen LogP contribution in [0.2, 0.25) is 0 Å². The van der Waals surface area contributed by atoms with Gasteiger partial charge in [0, 0.05) is 12.7 Å². The predicted molar refractivity (Wildman–Crippen MR) is 92.0 cm³/mol. The van der Waals surface area contributed by atoms with E-state index in [0.29, 0.717) is 17.3 Å². The van der Waals surface area contributed by atoms with Gasteiger partial charge in [-0.2, -0.15) is 0 Å². The van der Waals surface area contributed by atoms with E-state index in [1.807, 2.05) is 30.5 Å². The highest BCUT2D eigenvalue weighted by molar-refractivity contribution is 7.98. The maximum atomic E-state index is 12.4. The molecule has 2 rings (SSSR count). The van der Waals surface area contributed by atoms with Crippen LogP contribution >= 0.6 is 11.8 Å². The topological polar surface area (TPSA) is 64.1 Å². The third kappa shape index (κ3) is 4.69. The highest BCUT2D eigenvalue weighted by atomic mass is 32.2. The van der Waals surface area contributed by atoms with E-state index in [0.717, 1.165) is 29.8 Å². The Labute approximate surface area is 140 Å². The lowest BCUT2D eigenvalue weighted by Crippen LogP contribution is -2.25. The molecule has 6 heteroatoms. The van der Waals surface area contributed by atoms with Gasteiger partial charge in [-0.1, -0.05) is 37.2 Å². The van der Waals surface area contributed by atoms with Crippen LogP contribution in [0.4, 0.5) is 0 Å². The minimum absolute atomic E-state index is 0.142. The van der Waals surface area contributed by atoms with Crippen LogP contribution in [0.15, 0.2) is 35.6 Å². The molecule has 2 aromatic rings. The van der Waals surface area contributed by atoms with Crippen LogP contribution in [0.3, 0.4) is 0 Å². The van der Waals surface area contributed by atoms with Crippen molar-refractivity contribution in [1.29, 1.82) is 0 Å². The third-order valence-corrected chi connectivity index (χ3v) is 3.93. The molecule has 0 saturated carbocycles. The smallest absolute Gasteiger partial charge is 0.254 e. The van der Waals surface area contributed by atoms with Gasteiger partial charge in [0.1, 0.15) is 5.75 Å². The zero-order valence-electron chi connectivity index (χ0n) is 13.6. The number of nitrogens with one attached hydrogen (secondary N) is 1. The van der Waals surface area contributed by atoms with Gasteiger partial charge < -0.3 is 10.1 Å². The zero-order chi connectivity index (χ0) is 16.7. The van der Waals surface area contributed by atoms with E-state index in [2.05, 4.69) is 22.2 Å². The highest BCUT2D eigenvalue weighted by Crippen LogP contribution is 2.15. The minimum atomic E-state index is -0.142. The average Bonchev–Trinajstić information content (AvgIpc) is 2.60. The maximum Gasteiger partial charge on any atom is 0.254 e. The number of thioether (sulfide) groups is 1. The first-order valence-electron chi connectivity index (χ1n) is 7.49. The molecule has 1 aromatic carbocycles. The Kier molecular flexibility index (Phi) is 6.40. The molecule has 5 nitrogen and oxygen atoms in total. The molecule has 1 aromatic heterocycles. The van der Waals surface area contributed by atoms with Gasteiger partial charge >= 0.3 is 0 Å². The average molecular weight is 331 g/mol. The van der Waals surface area contributed by atoms with Crippen molar-refractivity contribution >= 4 is 17.7 Å². The van der Waals surface area contributed by atoms with Crippen molar-refractivity contribution in [3.05, 3.63) is 47.3 Å². The summed E-state index contributed by atoms with van der Waals surface area (Å²) in [6.07, 6.45) is 5.24. The Morgan fingerprint density at radius 2 is 2.04 bits per heavy atom. The molecule has 0 radical (unpaired) electrons. The molecule has 122 valence electrons. The van der Waals surface area contributed by atoms with E-state index in [9.17, 15) is 4.79 Å². The number of carbonyl (C=O) groups is 1. The van der Waals surface area contributed by atoms with E-state index in [1.165, 1.54) is 11.8 Å². The van der Waals surface area contributed by atoms with Gasteiger partial charge in [0.05, 0.1) is 18.4 Å². The van der Waals surface area contributed by atoms with Gasteiger partial charge in [0.15, 0.2) is 5.16 Å².